The number of nitrogens with zero attached hydrogens (tertiary/aromatic N) is 5. The van der Waals surface area contributed by atoms with Crippen LogP contribution in [0.1, 0.15) is 40.7 Å². The van der Waals surface area contributed by atoms with Crippen molar-refractivity contribution in [3.63, 3.8) is 0 Å². The van der Waals surface area contributed by atoms with Gasteiger partial charge in [-0.05, 0) is 50.5 Å². The normalized spacial score (nSPS) is 11.5. The molecule has 0 aliphatic carbocycles. The van der Waals surface area contributed by atoms with Gasteiger partial charge in [-0.2, -0.15) is 0 Å². The molecule has 184 valence electrons. The lowest BCUT2D eigenvalue weighted by molar-refractivity contribution is 0.102. The highest BCUT2D eigenvalue weighted by Crippen LogP contribution is 2.24. The molecule has 7 nitrogen and oxygen atoms in total. The highest BCUT2D eigenvalue weighted by Gasteiger charge is 2.20. The smallest absolute Gasteiger partial charge is 0.262 e. The molecular formula is C28H29N5O2S. The predicted molar refractivity (Wildman–Crippen MR) is 144 cm³/mol. The molecule has 0 fully saturated rings. The minimum absolute atomic E-state index is 0.0574. The van der Waals surface area contributed by atoms with Crippen molar-refractivity contribution in [2.75, 3.05) is 5.75 Å². The zero-order valence-electron chi connectivity index (χ0n) is 20.8. The maximum Gasteiger partial charge on any atom is 0.262 e. The van der Waals surface area contributed by atoms with Crippen LogP contribution in [-0.2, 0) is 19.5 Å². The number of carbonyl (C=O) groups is 1. The second-order valence-electron chi connectivity index (χ2n) is 8.98. The van der Waals surface area contributed by atoms with E-state index in [1.54, 1.807) is 4.57 Å². The number of aromatic nitrogens is 5. The van der Waals surface area contributed by atoms with Crippen LogP contribution < -0.4 is 5.56 Å². The summed E-state index contributed by atoms with van der Waals surface area (Å²) in [5.74, 6) is 0.807. The lowest BCUT2D eigenvalue weighted by atomic mass is 10.1. The molecule has 0 N–H and O–H groups in total. The van der Waals surface area contributed by atoms with E-state index in [-0.39, 0.29) is 17.1 Å². The van der Waals surface area contributed by atoms with Gasteiger partial charge in [-0.3, -0.25) is 18.6 Å². The third-order valence-corrected chi connectivity index (χ3v) is 7.53. The summed E-state index contributed by atoms with van der Waals surface area (Å²) in [5, 5.41) is 9.92. The summed E-state index contributed by atoms with van der Waals surface area (Å²) in [6, 6.07) is 19.9. The number of Topliss-reactive ketones (excluding diaryl/α,β-unsaturated/α-hetero) is 1. The second kappa shape index (κ2) is 10.1. The highest BCUT2D eigenvalue weighted by atomic mass is 32.2. The van der Waals surface area contributed by atoms with Gasteiger partial charge in [0.2, 0.25) is 5.78 Å². The van der Waals surface area contributed by atoms with Gasteiger partial charge in [0.15, 0.2) is 10.9 Å². The Morgan fingerprint density at radius 1 is 0.944 bits per heavy atom. The zero-order chi connectivity index (χ0) is 25.2. The average Bonchev–Trinajstić information content (AvgIpc) is 3.45. The molecule has 0 amide bonds. The Hall–Kier alpha value is -3.65. The van der Waals surface area contributed by atoms with E-state index in [1.165, 1.54) is 17.3 Å². The molecule has 8 heteroatoms. The highest BCUT2D eigenvalue weighted by molar-refractivity contribution is 7.99. The molecule has 5 rings (SSSR count). The molecule has 3 heterocycles. The summed E-state index contributed by atoms with van der Waals surface area (Å²) in [7, 11) is 0. The minimum atomic E-state index is -0.0667. The van der Waals surface area contributed by atoms with Crippen molar-refractivity contribution in [3.8, 4) is 0 Å². The summed E-state index contributed by atoms with van der Waals surface area (Å²) in [5.41, 5.74) is 4.78. The van der Waals surface area contributed by atoms with E-state index in [9.17, 15) is 9.59 Å². The monoisotopic (exact) mass is 499 g/mol. The van der Waals surface area contributed by atoms with Crippen molar-refractivity contribution in [3.05, 3.63) is 93.5 Å². The van der Waals surface area contributed by atoms with Gasteiger partial charge in [0, 0.05) is 30.0 Å². The molecule has 0 atom stereocenters. The summed E-state index contributed by atoms with van der Waals surface area (Å²) in [6.07, 6.45) is 1.72. The first-order chi connectivity index (χ1) is 17.5. The van der Waals surface area contributed by atoms with E-state index in [2.05, 4.69) is 39.0 Å². The van der Waals surface area contributed by atoms with Crippen molar-refractivity contribution >= 4 is 34.2 Å². The lowest BCUT2D eigenvalue weighted by Crippen LogP contribution is -2.23. The summed E-state index contributed by atoms with van der Waals surface area (Å²) in [6.45, 7) is 7.48. The fourth-order valence-electron chi connectivity index (χ4n) is 4.77. The van der Waals surface area contributed by atoms with Crippen LogP contribution in [0.25, 0.3) is 16.7 Å². The van der Waals surface area contributed by atoms with Gasteiger partial charge in [-0.1, -0.05) is 61.2 Å². The molecule has 5 aromatic rings. The Balaban J connectivity index is 1.40. The van der Waals surface area contributed by atoms with Crippen LogP contribution in [0.5, 0.6) is 0 Å². The molecule has 3 aromatic heterocycles. The van der Waals surface area contributed by atoms with Crippen molar-refractivity contribution in [1.82, 2.24) is 23.7 Å². The Morgan fingerprint density at radius 2 is 1.69 bits per heavy atom. The third-order valence-electron chi connectivity index (χ3n) is 6.60. The molecule has 0 spiro atoms. The standard InChI is InChI=1S/C28H29N5O2S/c1-4-15-32-26(35)22-12-8-9-13-24(22)33-27(32)29-30-28(33)36-18-25(34)23-17-19(2)31(20(23)3)16-14-21-10-6-5-7-11-21/h5-13,17H,4,14-16,18H2,1-3H3. The van der Waals surface area contributed by atoms with Gasteiger partial charge < -0.3 is 4.57 Å². The molecule has 0 aliphatic rings. The number of aryl methyl sites for hydroxylation is 3. The van der Waals surface area contributed by atoms with Crippen LogP contribution in [-0.4, -0.2) is 35.3 Å². The maximum absolute atomic E-state index is 13.3. The van der Waals surface area contributed by atoms with Gasteiger partial charge in [-0.25, -0.2) is 0 Å². The van der Waals surface area contributed by atoms with Crippen molar-refractivity contribution in [1.29, 1.82) is 0 Å². The predicted octanol–water partition coefficient (Wildman–Crippen LogP) is 5.09. The number of hydrogen-bond donors (Lipinski definition) is 0. The van der Waals surface area contributed by atoms with Crippen LogP contribution in [0.2, 0.25) is 0 Å². The second-order valence-corrected chi connectivity index (χ2v) is 9.92. The molecule has 0 bridgehead atoms. The number of para-hydroxylation sites is 1. The first-order valence-electron chi connectivity index (χ1n) is 12.2. The number of benzene rings is 2. The summed E-state index contributed by atoms with van der Waals surface area (Å²) in [4.78, 5) is 26.3. The minimum Gasteiger partial charge on any atom is -0.348 e. The van der Waals surface area contributed by atoms with Crippen molar-refractivity contribution < 1.29 is 4.79 Å². The topological polar surface area (TPSA) is 74.2 Å². The van der Waals surface area contributed by atoms with Crippen molar-refractivity contribution in [2.45, 2.75) is 51.9 Å². The lowest BCUT2D eigenvalue weighted by Gasteiger charge is -2.10. The van der Waals surface area contributed by atoms with Gasteiger partial charge in [-0.15, -0.1) is 10.2 Å². The van der Waals surface area contributed by atoms with E-state index >= 15 is 0 Å². The Morgan fingerprint density at radius 3 is 2.47 bits per heavy atom. The number of fused-ring (bicyclic) bond motifs is 3. The summed E-state index contributed by atoms with van der Waals surface area (Å²) >= 11 is 1.36. The number of ketones is 1. The van der Waals surface area contributed by atoms with Crippen molar-refractivity contribution in [2.24, 2.45) is 0 Å². The van der Waals surface area contributed by atoms with Crippen LogP contribution in [0.4, 0.5) is 0 Å². The fraction of sp³-hybridized carbons (Fsp3) is 0.286. The Kier molecular flexibility index (Phi) is 6.78. The van der Waals surface area contributed by atoms with E-state index in [0.29, 0.717) is 22.9 Å². The first kappa shape index (κ1) is 24.1. The Labute approximate surface area is 213 Å². The zero-order valence-corrected chi connectivity index (χ0v) is 21.6. The van der Waals surface area contributed by atoms with Crippen LogP contribution >= 0.6 is 11.8 Å². The first-order valence-corrected chi connectivity index (χ1v) is 13.2. The number of hydrogen-bond acceptors (Lipinski definition) is 5. The van der Waals surface area contributed by atoms with Crippen LogP contribution in [0, 0.1) is 13.8 Å². The SMILES string of the molecule is CCCn1c(=O)c2ccccc2n2c(SCC(=O)c3cc(C)n(CCc4ccccc4)c3C)nnc12. The third kappa shape index (κ3) is 4.37. The number of thioether (sulfide) groups is 1. The molecule has 36 heavy (non-hydrogen) atoms. The molecule has 0 aliphatic heterocycles. The molecule has 0 saturated carbocycles. The number of rotatable bonds is 9. The van der Waals surface area contributed by atoms with E-state index in [0.717, 1.165) is 41.9 Å². The maximum atomic E-state index is 13.3. The van der Waals surface area contributed by atoms with Crippen LogP contribution in [0.3, 0.4) is 0 Å². The van der Waals surface area contributed by atoms with E-state index < -0.39 is 0 Å². The molecule has 0 saturated heterocycles. The molecule has 0 radical (unpaired) electrons. The largest absolute Gasteiger partial charge is 0.348 e. The number of carbonyl (C=O) groups excluding carboxylic acids is 1. The summed E-state index contributed by atoms with van der Waals surface area (Å²) < 4.78 is 5.78. The Bertz CT molecular complexity index is 1610. The van der Waals surface area contributed by atoms with Gasteiger partial charge >= 0.3 is 0 Å². The van der Waals surface area contributed by atoms with E-state index in [4.69, 9.17) is 0 Å². The fourth-order valence-corrected chi connectivity index (χ4v) is 5.60. The average molecular weight is 500 g/mol. The van der Waals surface area contributed by atoms with Gasteiger partial charge in [0.25, 0.3) is 5.56 Å². The molecular weight excluding hydrogens is 470 g/mol. The molecule has 0 unspecified atom stereocenters. The quantitative estimate of drug-likeness (QED) is 0.209. The van der Waals surface area contributed by atoms with E-state index in [1.807, 2.05) is 61.6 Å². The van der Waals surface area contributed by atoms with Gasteiger partial charge in [0.1, 0.15) is 0 Å². The van der Waals surface area contributed by atoms with Crippen LogP contribution in [0.15, 0.2) is 70.6 Å². The molecule has 2 aromatic carbocycles. The van der Waals surface area contributed by atoms with Gasteiger partial charge in [0.05, 0.1) is 16.7 Å².